The molecular formula is C17H27ClN2. The number of benzene rings is 1. The zero-order chi connectivity index (χ0) is 14.9. The van der Waals surface area contributed by atoms with Crippen molar-refractivity contribution in [3.63, 3.8) is 0 Å². The number of rotatable bonds is 5. The summed E-state index contributed by atoms with van der Waals surface area (Å²) in [6, 6.07) is 8.53. The summed E-state index contributed by atoms with van der Waals surface area (Å²) in [7, 11) is 2.21. The molecule has 1 aromatic rings. The summed E-state index contributed by atoms with van der Waals surface area (Å²) in [4.78, 5) is 2.47. The van der Waals surface area contributed by atoms with Crippen LogP contribution in [0.15, 0.2) is 24.3 Å². The monoisotopic (exact) mass is 294 g/mol. The van der Waals surface area contributed by atoms with E-state index in [-0.39, 0.29) is 5.54 Å². The Bertz CT molecular complexity index is 435. The molecule has 0 heterocycles. The lowest BCUT2D eigenvalue weighted by Crippen LogP contribution is -2.61. The summed E-state index contributed by atoms with van der Waals surface area (Å²) in [5, 5.41) is 0.792. The molecule has 2 nitrogen and oxygen atoms in total. The Balaban J connectivity index is 2.09. The average molecular weight is 295 g/mol. The first-order valence-corrected chi connectivity index (χ1v) is 7.96. The third-order valence-corrected chi connectivity index (χ3v) is 5.54. The molecule has 1 fully saturated rings. The van der Waals surface area contributed by atoms with Crippen LogP contribution >= 0.6 is 11.6 Å². The van der Waals surface area contributed by atoms with E-state index in [1.54, 1.807) is 0 Å². The molecule has 0 radical (unpaired) electrons. The molecule has 2 rings (SSSR count). The predicted octanol–water partition coefficient (Wildman–Crippen LogP) is 4.10. The van der Waals surface area contributed by atoms with Gasteiger partial charge in [0.05, 0.1) is 0 Å². The van der Waals surface area contributed by atoms with Gasteiger partial charge in [-0.1, -0.05) is 37.6 Å². The van der Waals surface area contributed by atoms with E-state index in [4.69, 9.17) is 17.3 Å². The van der Waals surface area contributed by atoms with Crippen LogP contribution in [0.1, 0.15) is 45.2 Å². The van der Waals surface area contributed by atoms with Crippen LogP contribution in [-0.2, 0) is 0 Å². The highest BCUT2D eigenvalue weighted by Crippen LogP contribution is 2.47. The van der Waals surface area contributed by atoms with Crippen LogP contribution in [0.5, 0.6) is 0 Å². The molecule has 0 spiro atoms. The second-order valence-electron chi connectivity index (χ2n) is 6.68. The summed E-state index contributed by atoms with van der Waals surface area (Å²) in [5.74, 6) is 1.58. The van der Waals surface area contributed by atoms with E-state index in [9.17, 15) is 0 Å². The minimum atomic E-state index is 0.175. The fourth-order valence-electron chi connectivity index (χ4n) is 3.36. The Labute approximate surface area is 128 Å². The van der Waals surface area contributed by atoms with Gasteiger partial charge in [0, 0.05) is 23.1 Å². The molecule has 0 aliphatic heterocycles. The number of likely N-dealkylation sites (N-methyl/N-ethyl adjacent to an activating group) is 1. The first-order valence-electron chi connectivity index (χ1n) is 7.58. The fourth-order valence-corrected chi connectivity index (χ4v) is 3.49. The second-order valence-corrected chi connectivity index (χ2v) is 7.12. The maximum absolute atomic E-state index is 6.11. The van der Waals surface area contributed by atoms with Crippen molar-refractivity contribution in [3.8, 4) is 0 Å². The molecule has 0 aromatic heterocycles. The van der Waals surface area contributed by atoms with E-state index in [0.29, 0.717) is 6.04 Å². The topological polar surface area (TPSA) is 29.3 Å². The Morgan fingerprint density at radius 1 is 1.25 bits per heavy atom. The molecular weight excluding hydrogens is 268 g/mol. The van der Waals surface area contributed by atoms with Gasteiger partial charge >= 0.3 is 0 Å². The molecule has 1 saturated carbocycles. The Kier molecular flexibility index (Phi) is 4.78. The third-order valence-electron chi connectivity index (χ3n) is 5.29. The molecule has 3 heteroatoms. The lowest BCUT2D eigenvalue weighted by atomic mass is 9.63. The lowest BCUT2D eigenvalue weighted by molar-refractivity contribution is -0.0403. The first-order chi connectivity index (χ1) is 9.39. The Morgan fingerprint density at radius 3 is 2.25 bits per heavy atom. The number of nitrogens with two attached hydrogens (primary N) is 1. The van der Waals surface area contributed by atoms with Crippen LogP contribution in [0.4, 0.5) is 0 Å². The van der Waals surface area contributed by atoms with Crippen LogP contribution in [0.3, 0.4) is 0 Å². The summed E-state index contributed by atoms with van der Waals surface area (Å²) >= 11 is 5.97. The van der Waals surface area contributed by atoms with Crippen molar-refractivity contribution in [1.82, 2.24) is 4.90 Å². The van der Waals surface area contributed by atoms with Gasteiger partial charge in [-0.05, 0) is 56.3 Å². The van der Waals surface area contributed by atoms with Crippen molar-refractivity contribution in [3.05, 3.63) is 34.9 Å². The first kappa shape index (κ1) is 15.8. The van der Waals surface area contributed by atoms with Crippen LogP contribution in [0, 0.1) is 11.8 Å². The van der Waals surface area contributed by atoms with Crippen molar-refractivity contribution < 1.29 is 0 Å². The van der Waals surface area contributed by atoms with Gasteiger partial charge in [0.15, 0.2) is 0 Å². The molecule has 0 saturated heterocycles. The van der Waals surface area contributed by atoms with Crippen LogP contribution < -0.4 is 5.73 Å². The highest BCUT2D eigenvalue weighted by Gasteiger charge is 2.48. The van der Waals surface area contributed by atoms with Crippen LogP contribution in [0.25, 0.3) is 0 Å². The van der Waals surface area contributed by atoms with Gasteiger partial charge in [0.25, 0.3) is 0 Å². The molecule has 112 valence electrons. The van der Waals surface area contributed by atoms with Gasteiger partial charge in [-0.3, -0.25) is 4.90 Å². The number of nitrogens with zero attached hydrogens (tertiary/aromatic N) is 1. The molecule has 0 amide bonds. The maximum atomic E-state index is 6.11. The average Bonchev–Trinajstić information content (AvgIpc) is 2.37. The van der Waals surface area contributed by atoms with Crippen molar-refractivity contribution in [2.24, 2.45) is 17.6 Å². The van der Waals surface area contributed by atoms with E-state index in [1.807, 2.05) is 12.1 Å². The Morgan fingerprint density at radius 2 is 1.80 bits per heavy atom. The van der Waals surface area contributed by atoms with Gasteiger partial charge in [0.2, 0.25) is 0 Å². The lowest BCUT2D eigenvalue weighted by Gasteiger charge is -2.56. The maximum Gasteiger partial charge on any atom is 0.0406 e. The van der Waals surface area contributed by atoms with Gasteiger partial charge in [-0.2, -0.15) is 0 Å². The van der Waals surface area contributed by atoms with Gasteiger partial charge in [-0.25, -0.2) is 0 Å². The SMILES string of the molecule is CC(C)C1CC(CN)(N(C)C(C)c2ccc(Cl)cc2)C1. The summed E-state index contributed by atoms with van der Waals surface area (Å²) in [6.45, 7) is 7.62. The zero-order valence-electron chi connectivity index (χ0n) is 13.1. The zero-order valence-corrected chi connectivity index (χ0v) is 13.8. The second kappa shape index (κ2) is 6.05. The minimum Gasteiger partial charge on any atom is -0.329 e. The number of hydrogen-bond donors (Lipinski definition) is 1. The smallest absolute Gasteiger partial charge is 0.0406 e. The van der Waals surface area contributed by atoms with Crippen LogP contribution in [0.2, 0.25) is 5.02 Å². The van der Waals surface area contributed by atoms with Crippen molar-refractivity contribution in [2.75, 3.05) is 13.6 Å². The largest absolute Gasteiger partial charge is 0.329 e. The standard InChI is InChI=1S/C17H27ClN2/c1-12(2)15-9-17(10-15,11-19)20(4)13(3)14-5-7-16(18)8-6-14/h5-8,12-13,15H,9-11,19H2,1-4H3. The molecule has 0 bridgehead atoms. The van der Waals surface area contributed by atoms with E-state index in [0.717, 1.165) is 23.4 Å². The number of hydrogen-bond acceptors (Lipinski definition) is 2. The van der Waals surface area contributed by atoms with Crippen molar-refractivity contribution in [1.29, 1.82) is 0 Å². The van der Waals surface area contributed by atoms with Gasteiger partial charge < -0.3 is 5.73 Å². The van der Waals surface area contributed by atoms with E-state index >= 15 is 0 Å². The normalized spacial score (nSPS) is 27.7. The highest BCUT2D eigenvalue weighted by molar-refractivity contribution is 6.30. The quantitative estimate of drug-likeness (QED) is 0.886. The minimum absolute atomic E-state index is 0.175. The molecule has 1 aromatic carbocycles. The van der Waals surface area contributed by atoms with E-state index in [1.165, 1.54) is 18.4 Å². The fraction of sp³-hybridized carbons (Fsp3) is 0.647. The molecule has 1 unspecified atom stereocenters. The van der Waals surface area contributed by atoms with E-state index < -0.39 is 0 Å². The Hall–Kier alpha value is -0.570. The summed E-state index contributed by atoms with van der Waals surface area (Å²) < 4.78 is 0. The molecule has 1 aliphatic rings. The van der Waals surface area contributed by atoms with Crippen LogP contribution in [-0.4, -0.2) is 24.0 Å². The van der Waals surface area contributed by atoms with Gasteiger partial charge in [0.1, 0.15) is 0 Å². The number of halogens is 1. The molecule has 1 atom stereocenters. The highest BCUT2D eigenvalue weighted by atomic mass is 35.5. The van der Waals surface area contributed by atoms with Crippen molar-refractivity contribution in [2.45, 2.75) is 45.2 Å². The molecule has 2 N–H and O–H groups in total. The van der Waals surface area contributed by atoms with E-state index in [2.05, 4.69) is 44.9 Å². The predicted molar refractivity (Wildman–Crippen MR) is 87.0 cm³/mol. The third kappa shape index (κ3) is 2.88. The molecule has 20 heavy (non-hydrogen) atoms. The van der Waals surface area contributed by atoms with Crippen molar-refractivity contribution >= 4 is 11.6 Å². The molecule has 1 aliphatic carbocycles. The summed E-state index contributed by atoms with van der Waals surface area (Å²) in [5.41, 5.74) is 7.59. The van der Waals surface area contributed by atoms with Gasteiger partial charge in [-0.15, -0.1) is 0 Å². The summed E-state index contributed by atoms with van der Waals surface area (Å²) in [6.07, 6.45) is 2.44.